The molecule has 162 valence electrons. The molecule has 8 heteroatoms. The van der Waals surface area contributed by atoms with Gasteiger partial charge in [-0.1, -0.05) is 29.8 Å². The molecular weight excluding hydrogens is 418 g/mol. The Hall–Kier alpha value is -3.06. The third-order valence-electron chi connectivity index (χ3n) is 5.80. The Morgan fingerprint density at radius 1 is 1.19 bits per heavy atom. The highest BCUT2D eigenvalue weighted by molar-refractivity contribution is 6.31. The van der Waals surface area contributed by atoms with Gasteiger partial charge in [0.25, 0.3) is 5.91 Å². The number of rotatable bonds is 6. The van der Waals surface area contributed by atoms with Crippen LogP contribution in [-0.2, 0) is 22.7 Å². The van der Waals surface area contributed by atoms with Crippen LogP contribution in [-0.4, -0.2) is 53.8 Å². The standard InChI is InChI=1S/C23H24ClN3O4/c1-31-20-9-8-15(22(29)25-12-16-5-2-3-6-18(16)24)11-17(20)13-26-14-21(28)27-10-4-7-19(27)23(26)30/h2-3,5-6,8-9,11,19H,4,7,10,12-14H2,1H3,(H,25,29). The minimum absolute atomic E-state index is 0.0327. The molecule has 0 aliphatic carbocycles. The molecule has 0 saturated carbocycles. The van der Waals surface area contributed by atoms with Gasteiger partial charge in [0.05, 0.1) is 7.11 Å². The Morgan fingerprint density at radius 3 is 2.77 bits per heavy atom. The van der Waals surface area contributed by atoms with E-state index in [2.05, 4.69) is 5.32 Å². The Balaban J connectivity index is 1.49. The van der Waals surface area contributed by atoms with Crippen LogP contribution in [0.2, 0.25) is 5.02 Å². The number of fused-ring (bicyclic) bond motifs is 1. The number of halogens is 1. The Bertz CT molecular complexity index is 1030. The summed E-state index contributed by atoms with van der Waals surface area (Å²) in [6.45, 7) is 1.20. The summed E-state index contributed by atoms with van der Waals surface area (Å²) in [5.41, 5.74) is 1.95. The van der Waals surface area contributed by atoms with Crippen LogP contribution in [0.1, 0.15) is 34.3 Å². The molecule has 0 aromatic heterocycles. The predicted octanol–water partition coefficient (Wildman–Crippen LogP) is 2.61. The first-order chi connectivity index (χ1) is 15.0. The quantitative estimate of drug-likeness (QED) is 0.747. The fourth-order valence-electron chi connectivity index (χ4n) is 4.17. The molecule has 1 unspecified atom stereocenters. The van der Waals surface area contributed by atoms with Crippen molar-refractivity contribution in [2.24, 2.45) is 0 Å². The summed E-state index contributed by atoms with van der Waals surface area (Å²) < 4.78 is 5.43. The summed E-state index contributed by atoms with van der Waals surface area (Å²) >= 11 is 6.15. The summed E-state index contributed by atoms with van der Waals surface area (Å²) in [6.07, 6.45) is 1.54. The van der Waals surface area contributed by atoms with Gasteiger partial charge in [0.2, 0.25) is 11.8 Å². The van der Waals surface area contributed by atoms with E-state index in [0.29, 0.717) is 41.4 Å². The van der Waals surface area contributed by atoms with Crippen LogP contribution in [0.25, 0.3) is 0 Å². The van der Waals surface area contributed by atoms with Crippen molar-refractivity contribution >= 4 is 29.3 Å². The molecule has 4 rings (SSSR count). The molecule has 2 aliphatic heterocycles. The number of piperazine rings is 1. The van der Waals surface area contributed by atoms with Gasteiger partial charge in [0.1, 0.15) is 18.3 Å². The zero-order valence-electron chi connectivity index (χ0n) is 17.3. The van der Waals surface area contributed by atoms with Gasteiger partial charge in [0, 0.05) is 35.8 Å². The number of carbonyl (C=O) groups excluding carboxylic acids is 3. The van der Waals surface area contributed by atoms with Crippen molar-refractivity contribution in [3.8, 4) is 5.75 Å². The highest BCUT2D eigenvalue weighted by Gasteiger charge is 2.41. The zero-order valence-corrected chi connectivity index (χ0v) is 18.0. The summed E-state index contributed by atoms with van der Waals surface area (Å²) in [6, 6.07) is 12.0. The lowest BCUT2D eigenvalue weighted by molar-refractivity contribution is -0.154. The second-order valence-electron chi connectivity index (χ2n) is 7.74. The molecule has 3 amide bonds. The van der Waals surface area contributed by atoms with Crippen LogP contribution >= 0.6 is 11.6 Å². The van der Waals surface area contributed by atoms with E-state index in [4.69, 9.17) is 16.3 Å². The van der Waals surface area contributed by atoms with Crippen LogP contribution in [0.5, 0.6) is 5.75 Å². The van der Waals surface area contributed by atoms with Crippen molar-refractivity contribution in [2.45, 2.75) is 32.0 Å². The van der Waals surface area contributed by atoms with Gasteiger partial charge in [-0.3, -0.25) is 14.4 Å². The van der Waals surface area contributed by atoms with Gasteiger partial charge in [-0.2, -0.15) is 0 Å². The number of ether oxygens (including phenoxy) is 1. The third kappa shape index (κ3) is 4.37. The van der Waals surface area contributed by atoms with Crippen molar-refractivity contribution < 1.29 is 19.1 Å². The van der Waals surface area contributed by atoms with E-state index in [9.17, 15) is 14.4 Å². The molecule has 1 N–H and O–H groups in total. The number of amides is 3. The summed E-state index contributed by atoms with van der Waals surface area (Å²) in [7, 11) is 1.54. The van der Waals surface area contributed by atoms with E-state index >= 15 is 0 Å². The SMILES string of the molecule is COc1ccc(C(=O)NCc2ccccc2Cl)cc1CN1CC(=O)N2CCCC2C1=O. The fraction of sp³-hybridized carbons (Fsp3) is 0.348. The number of nitrogens with one attached hydrogen (secondary N) is 1. The lowest BCUT2D eigenvalue weighted by Gasteiger charge is -2.36. The first-order valence-electron chi connectivity index (χ1n) is 10.2. The zero-order chi connectivity index (χ0) is 22.0. The van der Waals surface area contributed by atoms with E-state index in [1.807, 2.05) is 18.2 Å². The Kier molecular flexibility index (Phi) is 6.13. The van der Waals surface area contributed by atoms with E-state index in [-0.39, 0.29) is 36.9 Å². The van der Waals surface area contributed by atoms with Crippen molar-refractivity contribution in [3.05, 3.63) is 64.2 Å². The normalized spacial score (nSPS) is 18.2. The maximum Gasteiger partial charge on any atom is 0.251 e. The smallest absolute Gasteiger partial charge is 0.251 e. The molecule has 2 aliphatic rings. The maximum atomic E-state index is 12.9. The molecule has 31 heavy (non-hydrogen) atoms. The van der Waals surface area contributed by atoms with Gasteiger partial charge >= 0.3 is 0 Å². The second-order valence-corrected chi connectivity index (χ2v) is 8.15. The van der Waals surface area contributed by atoms with Gasteiger partial charge in [-0.25, -0.2) is 0 Å². The second kappa shape index (κ2) is 8.98. The molecule has 2 saturated heterocycles. The first-order valence-corrected chi connectivity index (χ1v) is 10.6. The fourth-order valence-corrected chi connectivity index (χ4v) is 4.37. The van der Waals surface area contributed by atoms with Crippen molar-refractivity contribution in [1.82, 2.24) is 15.1 Å². The summed E-state index contributed by atoms with van der Waals surface area (Å²) in [5, 5.41) is 3.46. The van der Waals surface area contributed by atoms with E-state index in [1.165, 1.54) is 7.11 Å². The number of hydrogen-bond donors (Lipinski definition) is 1. The van der Waals surface area contributed by atoms with Crippen LogP contribution in [0.15, 0.2) is 42.5 Å². The van der Waals surface area contributed by atoms with Crippen molar-refractivity contribution in [1.29, 1.82) is 0 Å². The molecule has 2 aromatic rings. The largest absolute Gasteiger partial charge is 0.496 e. The third-order valence-corrected chi connectivity index (χ3v) is 6.17. The average molecular weight is 442 g/mol. The predicted molar refractivity (Wildman–Crippen MR) is 116 cm³/mol. The lowest BCUT2D eigenvalue weighted by atomic mass is 10.1. The number of methoxy groups -OCH3 is 1. The Labute approximate surface area is 185 Å². The van der Waals surface area contributed by atoms with Crippen LogP contribution in [0.3, 0.4) is 0 Å². The van der Waals surface area contributed by atoms with Crippen LogP contribution in [0.4, 0.5) is 0 Å². The topological polar surface area (TPSA) is 79.0 Å². The number of hydrogen-bond acceptors (Lipinski definition) is 4. The minimum atomic E-state index is -0.366. The maximum absolute atomic E-state index is 12.9. The van der Waals surface area contributed by atoms with Crippen LogP contribution in [0, 0.1) is 0 Å². The molecule has 0 radical (unpaired) electrons. The highest BCUT2D eigenvalue weighted by Crippen LogP contribution is 2.27. The van der Waals surface area contributed by atoms with Gasteiger partial charge in [-0.05, 0) is 42.7 Å². The summed E-state index contributed by atoms with van der Waals surface area (Å²) in [4.78, 5) is 41.2. The van der Waals surface area contributed by atoms with Gasteiger partial charge < -0.3 is 19.9 Å². The molecule has 2 fully saturated rings. The molecule has 1 atom stereocenters. The van der Waals surface area contributed by atoms with Gasteiger partial charge in [0.15, 0.2) is 0 Å². The van der Waals surface area contributed by atoms with Crippen molar-refractivity contribution in [3.63, 3.8) is 0 Å². The molecular formula is C23H24ClN3O4. The lowest BCUT2D eigenvalue weighted by Crippen LogP contribution is -2.56. The molecule has 2 heterocycles. The monoisotopic (exact) mass is 441 g/mol. The van der Waals surface area contributed by atoms with E-state index < -0.39 is 0 Å². The van der Waals surface area contributed by atoms with E-state index in [0.717, 1.165) is 12.0 Å². The van der Waals surface area contributed by atoms with Crippen molar-refractivity contribution in [2.75, 3.05) is 20.2 Å². The molecule has 2 aromatic carbocycles. The summed E-state index contributed by atoms with van der Waals surface area (Å²) in [5.74, 6) is 0.228. The number of nitrogens with zero attached hydrogens (tertiary/aromatic N) is 2. The number of carbonyl (C=O) groups is 3. The minimum Gasteiger partial charge on any atom is -0.496 e. The average Bonchev–Trinajstić information content (AvgIpc) is 3.27. The number of benzene rings is 2. The molecule has 0 bridgehead atoms. The first kappa shape index (κ1) is 21.2. The Morgan fingerprint density at radius 2 is 2.00 bits per heavy atom. The van der Waals surface area contributed by atoms with E-state index in [1.54, 1.807) is 34.1 Å². The highest BCUT2D eigenvalue weighted by atomic mass is 35.5. The van der Waals surface area contributed by atoms with Crippen LogP contribution < -0.4 is 10.1 Å². The molecule has 7 nitrogen and oxygen atoms in total. The van der Waals surface area contributed by atoms with Gasteiger partial charge in [-0.15, -0.1) is 0 Å². The molecule has 0 spiro atoms.